The summed E-state index contributed by atoms with van der Waals surface area (Å²) in [5.74, 6) is -0.302. The molecule has 172 valence electrons. The number of anilines is 1. The van der Waals surface area contributed by atoms with E-state index in [1.54, 1.807) is 18.3 Å². The fraction of sp³-hybridized carbons (Fsp3) is 0.214. The summed E-state index contributed by atoms with van der Waals surface area (Å²) in [5, 5.41) is 3.92. The number of aryl methyl sites for hydroxylation is 2. The number of aromatic nitrogens is 2. The second kappa shape index (κ2) is 9.03. The Bertz CT molecular complexity index is 1350. The Morgan fingerprint density at radius 2 is 1.68 bits per heavy atom. The molecule has 1 N–H and O–H groups in total. The van der Waals surface area contributed by atoms with Gasteiger partial charge in [0.05, 0.1) is 23.5 Å². The third-order valence-corrected chi connectivity index (χ3v) is 6.93. The first-order valence-electron chi connectivity index (χ1n) is 11.5. The van der Waals surface area contributed by atoms with Crippen molar-refractivity contribution in [2.75, 3.05) is 4.90 Å². The number of hydrogen-bond acceptors (Lipinski definition) is 2. The standard InChI is InChI=1S/C28H27FN4S/c1-4-20-11-5-7-14-24(20)32-18(2)17-21(19(32)3)27-26(23-13-9-10-16-30-23)31-28(34)33(27)25-15-8-6-12-22(25)29/h5-17,26-27H,4H2,1-3H3,(H,31,34). The fourth-order valence-electron chi connectivity index (χ4n) is 5.06. The lowest BCUT2D eigenvalue weighted by Crippen LogP contribution is -2.30. The molecule has 0 spiro atoms. The van der Waals surface area contributed by atoms with Crippen LogP contribution in [0, 0.1) is 19.7 Å². The van der Waals surface area contributed by atoms with Gasteiger partial charge in [0.15, 0.2) is 5.11 Å². The zero-order valence-corrected chi connectivity index (χ0v) is 20.3. The van der Waals surface area contributed by atoms with Gasteiger partial charge in [0, 0.05) is 23.3 Å². The van der Waals surface area contributed by atoms with Crippen LogP contribution in [0.4, 0.5) is 10.1 Å². The van der Waals surface area contributed by atoms with Crippen molar-refractivity contribution in [3.8, 4) is 5.69 Å². The Hall–Kier alpha value is -3.51. The van der Waals surface area contributed by atoms with Crippen molar-refractivity contribution in [1.82, 2.24) is 14.9 Å². The third-order valence-electron chi connectivity index (χ3n) is 6.61. The average molecular weight is 471 g/mol. The molecule has 4 aromatic rings. The van der Waals surface area contributed by atoms with Gasteiger partial charge in [-0.05, 0) is 80.0 Å². The van der Waals surface area contributed by atoms with Gasteiger partial charge in [-0.3, -0.25) is 4.98 Å². The van der Waals surface area contributed by atoms with Crippen LogP contribution in [0.15, 0.2) is 79.0 Å². The summed E-state index contributed by atoms with van der Waals surface area (Å²) >= 11 is 5.77. The predicted octanol–water partition coefficient (Wildman–Crippen LogP) is 6.37. The first-order chi connectivity index (χ1) is 16.5. The van der Waals surface area contributed by atoms with Crippen molar-refractivity contribution in [2.45, 2.75) is 39.3 Å². The molecule has 4 nitrogen and oxygen atoms in total. The number of benzene rings is 2. The largest absolute Gasteiger partial charge is 0.351 e. The summed E-state index contributed by atoms with van der Waals surface area (Å²) in [4.78, 5) is 6.52. The fourth-order valence-corrected chi connectivity index (χ4v) is 5.40. The number of para-hydroxylation sites is 2. The van der Waals surface area contributed by atoms with E-state index in [4.69, 9.17) is 12.2 Å². The Morgan fingerprint density at radius 3 is 2.38 bits per heavy atom. The van der Waals surface area contributed by atoms with Gasteiger partial charge in [0.2, 0.25) is 0 Å². The minimum Gasteiger partial charge on any atom is -0.351 e. The molecule has 2 atom stereocenters. The Morgan fingerprint density at radius 1 is 0.971 bits per heavy atom. The molecular formula is C28H27FN4S. The van der Waals surface area contributed by atoms with Gasteiger partial charge in [0.25, 0.3) is 0 Å². The number of hydrogen-bond donors (Lipinski definition) is 1. The quantitative estimate of drug-likeness (QED) is 0.344. The summed E-state index contributed by atoms with van der Waals surface area (Å²) in [6, 6.07) is 22.9. The van der Waals surface area contributed by atoms with Crippen LogP contribution >= 0.6 is 12.2 Å². The molecule has 0 radical (unpaired) electrons. The lowest BCUT2D eigenvalue weighted by atomic mass is 9.96. The van der Waals surface area contributed by atoms with Gasteiger partial charge >= 0.3 is 0 Å². The van der Waals surface area contributed by atoms with E-state index < -0.39 is 0 Å². The maximum atomic E-state index is 15.0. The first kappa shape index (κ1) is 22.3. The molecular weight excluding hydrogens is 443 g/mol. The molecule has 0 saturated carbocycles. The van der Waals surface area contributed by atoms with Crippen molar-refractivity contribution >= 4 is 23.0 Å². The highest BCUT2D eigenvalue weighted by atomic mass is 32.1. The third kappa shape index (κ3) is 3.68. The second-order valence-electron chi connectivity index (χ2n) is 8.59. The second-order valence-corrected chi connectivity index (χ2v) is 8.98. The molecule has 3 heterocycles. The average Bonchev–Trinajstić information content (AvgIpc) is 3.35. The maximum absolute atomic E-state index is 15.0. The smallest absolute Gasteiger partial charge is 0.174 e. The van der Waals surface area contributed by atoms with Crippen molar-refractivity contribution in [3.63, 3.8) is 0 Å². The van der Waals surface area contributed by atoms with Gasteiger partial charge in [-0.15, -0.1) is 0 Å². The van der Waals surface area contributed by atoms with E-state index in [2.05, 4.69) is 66.0 Å². The van der Waals surface area contributed by atoms with E-state index in [1.165, 1.54) is 17.3 Å². The Balaban J connectivity index is 1.71. The first-order valence-corrected chi connectivity index (χ1v) is 11.9. The van der Waals surface area contributed by atoms with Crippen LogP contribution < -0.4 is 10.2 Å². The lowest BCUT2D eigenvalue weighted by Gasteiger charge is -2.28. The SMILES string of the molecule is CCc1ccccc1-n1c(C)cc(C2C(c3ccccn3)NC(=S)N2c2ccccc2F)c1C. The summed E-state index contributed by atoms with van der Waals surface area (Å²) in [7, 11) is 0. The zero-order chi connectivity index (χ0) is 23.8. The number of rotatable bonds is 5. The molecule has 1 aliphatic heterocycles. The molecule has 0 bridgehead atoms. The molecule has 2 aromatic heterocycles. The van der Waals surface area contributed by atoms with Crippen LogP contribution in [-0.4, -0.2) is 14.7 Å². The van der Waals surface area contributed by atoms with Gasteiger partial charge in [-0.2, -0.15) is 0 Å². The molecule has 1 fully saturated rings. The van der Waals surface area contributed by atoms with E-state index in [0.717, 1.165) is 29.1 Å². The van der Waals surface area contributed by atoms with Crippen molar-refractivity contribution in [2.24, 2.45) is 0 Å². The minimum absolute atomic E-state index is 0.219. The predicted molar refractivity (Wildman–Crippen MR) is 139 cm³/mol. The monoisotopic (exact) mass is 470 g/mol. The van der Waals surface area contributed by atoms with Gasteiger partial charge in [0.1, 0.15) is 5.82 Å². The highest BCUT2D eigenvalue weighted by molar-refractivity contribution is 7.80. The molecule has 5 rings (SSSR count). The molecule has 1 saturated heterocycles. The van der Waals surface area contributed by atoms with Gasteiger partial charge in [-0.1, -0.05) is 43.3 Å². The Kier molecular flexibility index (Phi) is 5.92. The van der Waals surface area contributed by atoms with E-state index in [-0.39, 0.29) is 17.9 Å². The molecule has 2 aromatic carbocycles. The van der Waals surface area contributed by atoms with Crippen LogP contribution in [0.2, 0.25) is 0 Å². The number of nitrogens with one attached hydrogen (secondary N) is 1. The Labute approximate surface area is 205 Å². The van der Waals surface area contributed by atoms with Crippen LogP contribution in [-0.2, 0) is 6.42 Å². The van der Waals surface area contributed by atoms with E-state index >= 15 is 4.39 Å². The zero-order valence-electron chi connectivity index (χ0n) is 19.5. The van der Waals surface area contributed by atoms with Crippen LogP contribution in [0.5, 0.6) is 0 Å². The van der Waals surface area contributed by atoms with Crippen LogP contribution in [0.3, 0.4) is 0 Å². The topological polar surface area (TPSA) is 33.1 Å². The summed E-state index contributed by atoms with van der Waals surface area (Å²) < 4.78 is 17.3. The number of nitrogens with zero attached hydrogens (tertiary/aromatic N) is 3. The van der Waals surface area contributed by atoms with E-state index in [9.17, 15) is 0 Å². The highest BCUT2D eigenvalue weighted by Gasteiger charge is 2.43. The van der Waals surface area contributed by atoms with Gasteiger partial charge in [-0.25, -0.2) is 4.39 Å². The summed E-state index contributed by atoms with van der Waals surface area (Å²) in [6.45, 7) is 6.42. The maximum Gasteiger partial charge on any atom is 0.174 e. The molecule has 1 aliphatic rings. The molecule has 0 aliphatic carbocycles. The summed E-state index contributed by atoms with van der Waals surface area (Å²) in [5.41, 5.74) is 7.11. The normalized spacial score (nSPS) is 17.8. The van der Waals surface area contributed by atoms with Crippen LogP contribution in [0.1, 0.15) is 47.2 Å². The van der Waals surface area contributed by atoms with Crippen molar-refractivity contribution in [3.05, 3.63) is 113 Å². The molecule has 34 heavy (non-hydrogen) atoms. The van der Waals surface area contributed by atoms with E-state index in [0.29, 0.717) is 10.8 Å². The summed E-state index contributed by atoms with van der Waals surface area (Å²) in [6.07, 6.45) is 2.72. The van der Waals surface area contributed by atoms with Gasteiger partial charge < -0.3 is 14.8 Å². The van der Waals surface area contributed by atoms with E-state index in [1.807, 2.05) is 29.2 Å². The molecule has 6 heteroatoms. The lowest BCUT2D eigenvalue weighted by molar-refractivity contribution is 0.556. The number of pyridine rings is 1. The van der Waals surface area contributed by atoms with Crippen LogP contribution in [0.25, 0.3) is 5.69 Å². The molecule has 2 unspecified atom stereocenters. The number of halogens is 1. The highest BCUT2D eigenvalue weighted by Crippen LogP contribution is 2.44. The molecule has 0 amide bonds. The minimum atomic E-state index is -0.302. The van der Waals surface area contributed by atoms with Crippen molar-refractivity contribution in [1.29, 1.82) is 0 Å². The van der Waals surface area contributed by atoms with Crippen molar-refractivity contribution < 1.29 is 4.39 Å². The number of thiocarbonyl (C=S) groups is 1.